The first-order valence-corrected chi connectivity index (χ1v) is 7.07. The number of nitrogens with one attached hydrogen (secondary N) is 2. The van der Waals surface area contributed by atoms with E-state index in [9.17, 15) is 9.59 Å². The average Bonchev–Trinajstić information content (AvgIpc) is 2.94. The molecule has 0 heterocycles. The van der Waals surface area contributed by atoms with Gasteiger partial charge in [-0.1, -0.05) is 12.8 Å². The SMILES string of the molecule is CNC(=O)COc1ccc(NC(=O)C2(N)CCCC2)cc1. The van der Waals surface area contributed by atoms with Crippen LogP contribution in [0.5, 0.6) is 5.75 Å². The molecular formula is C15H21N3O3. The van der Waals surface area contributed by atoms with Gasteiger partial charge >= 0.3 is 0 Å². The van der Waals surface area contributed by atoms with E-state index < -0.39 is 5.54 Å². The number of ether oxygens (including phenoxy) is 1. The number of rotatable bonds is 5. The molecule has 1 fully saturated rings. The third-order valence-electron chi connectivity index (χ3n) is 3.71. The van der Waals surface area contributed by atoms with Gasteiger partial charge in [-0.05, 0) is 37.1 Å². The quantitative estimate of drug-likeness (QED) is 0.755. The summed E-state index contributed by atoms with van der Waals surface area (Å²) in [7, 11) is 1.55. The smallest absolute Gasteiger partial charge is 0.257 e. The lowest BCUT2D eigenvalue weighted by Crippen LogP contribution is -2.48. The first kappa shape index (κ1) is 15.3. The highest BCUT2D eigenvalue weighted by Gasteiger charge is 2.36. The second-order valence-electron chi connectivity index (χ2n) is 5.30. The highest BCUT2D eigenvalue weighted by atomic mass is 16.5. The van der Waals surface area contributed by atoms with Gasteiger partial charge in [0.05, 0.1) is 5.54 Å². The normalized spacial score (nSPS) is 16.3. The number of nitrogens with two attached hydrogens (primary N) is 1. The maximum absolute atomic E-state index is 12.2. The highest BCUT2D eigenvalue weighted by molar-refractivity contribution is 5.98. The Labute approximate surface area is 124 Å². The fourth-order valence-corrected chi connectivity index (χ4v) is 2.34. The zero-order valence-electron chi connectivity index (χ0n) is 12.1. The van der Waals surface area contributed by atoms with Gasteiger partial charge in [-0.2, -0.15) is 0 Å². The Morgan fingerprint density at radius 1 is 1.24 bits per heavy atom. The summed E-state index contributed by atoms with van der Waals surface area (Å²) in [6, 6.07) is 6.87. The van der Waals surface area contributed by atoms with Gasteiger partial charge in [-0.25, -0.2) is 0 Å². The van der Waals surface area contributed by atoms with Crippen LogP contribution in [0.3, 0.4) is 0 Å². The monoisotopic (exact) mass is 291 g/mol. The van der Waals surface area contributed by atoms with Crippen LogP contribution in [0.1, 0.15) is 25.7 Å². The molecule has 0 atom stereocenters. The molecule has 1 aliphatic carbocycles. The minimum Gasteiger partial charge on any atom is -0.484 e. The number of carbonyl (C=O) groups is 2. The molecule has 1 aromatic rings. The second-order valence-corrected chi connectivity index (χ2v) is 5.30. The zero-order valence-corrected chi connectivity index (χ0v) is 12.1. The third-order valence-corrected chi connectivity index (χ3v) is 3.71. The molecule has 0 aliphatic heterocycles. The first-order valence-electron chi connectivity index (χ1n) is 7.07. The van der Waals surface area contributed by atoms with E-state index >= 15 is 0 Å². The largest absolute Gasteiger partial charge is 0.484 e. The Hall–Kier alpha value is -2.08. The second kappa shape index (κ2) is 6.58. The summed E-state index contributed by atoms with van der Waals surface area (Å²) in [6.07, 6.45) is 3.45. The van der Waals surface area contributed by atoms with Gasteiger partial charge < -0.3 is 21.1 Å². The van der Waals surface area contributed by atoms with Crippen molar-refractivity contribution in [3.63, 3.8) is 0 Å². The molecule has 114 valence electrons. The van der Waals surface area contributed by atoms with Gasteiger partial charge in [0.25, 0.3) is 5.91 Å². The summed E-state index contributed by atoms with van der Waals surface area (Å²) in [5.74, 6) is 0.234. The molecule has 1 aliphatic rings. The zero-order chi connectivity index (χ0) is 15.3. The molecule has 0 saturated heterocycles. The van der Waals surface area contributed by atoms with E-state index in [2.05, 4.69) is 10.6 Å². The van der Waals surface area contributed by atoms with Crippen LogP contribution in [0.25, 0.3) is 0 Å². The van der Waals surface area contributed by atoms with Gasteiger partial charge in [-0.3, -0.25) is 9.59 Å². The van der Waals surface area contributed by atoms with E-state index in [-0.39, 0.29) is 18.4 Å². The topological polar surface area (TPSA) is 93.5 Å². The summed E-state index contributed by atoms with van der Waals surface area (Å²) in [5, 5.41) is 5.30. The van der Waals surface area contributed by atoms with Crippen molar-refractivity contribution in [3.8, 4) is 5.75 Å². The van der Waals surface area contributed by atoms with Crippen molar-refractivity contribution in [2.45, 2.75) is 31.2 Å². The lowest BCUT2D eigenvalue weighted by Gasteiger charge is -2.22. The summed E-state index contributed by atoms with van der Waals surface area (Å²) in [6.45, 7) is -0.0336. The molecule has 1 saturated carbocycles. The fourth-order valence-electron chi connectivity index (χ4n) is 2.34. The van der Waals surface area contributed by atoms with E-state index in [0.717, 1.165) is 25.7 Å². The molecule has 6 heteroatoms. The minimum atomic E-state index is -0.742. The van der Waals surface area contributed by atoms with E-state index in [0.29, 0.717) is 11.4 Å². The number of likely N-dealkylation sites (N-methyl/N-ethyl adjacent to an activating group) is 1. The standard InChI is InChI=1S/C15H21N3O3/c1-17-13(19)10-21-12-6-4-11(5-7-12)18-14(20)15(16)8-2-3-9-15/h4-7H,2-3,8-10,16H2,1H3,(H,17,19)(H,18,20). The minimum absolute atomic E-state index is 0.0336. The first-order chi connectivity index (χ1) is 10.0. The molecule has 2 rings (SSSR count). The van der Waals surface area contributed by atoms with Crippen LogP contribution in [-0.2, 0) is 9.59 Å². The molecule has 0 radical (unpaired) electrons. The third kappa shape index (κ3) is 3.95. The Bertz CT molecular complexity index is 507. The Kier molecular flexibility index (Phi) is 4.80. The van der Waals surface area contributed by atoms with E-state index in [4.69, 9.17) is 10.5 Å². The van der Waals surface area contributed by atoms with Crippen LogP contribution < -0.4 is 21.1 Å². The van der Waals surface area contributed by atoms with Crippen molar-refractivity contribution in [1.29, 1.82) is 0 Å². The number of carbonyl (C=O) groups excluding carboxylic acids is 2. The molecule has 6 nitrogen and oxygen atoms in total. The molecule has 0 unspecified atom stereocenters. The lowest BCUT2D eigenvalue weighted by molar-refractivity contribution is -0.122. The van der Waals surface area contributed by atoms with Crippen molar-refractivity contribution in [3.05, 3.63) is 24.3 Å². The summed E-state index contributed by atoms with van der Waals surface area (Å²) in [4.78, 5) is 23.2. The summed E-state index contributed by atoms with van der Waals surface area (Å²) in [5.41, 5.74) is 6.02. The molecule has 1 aromatic carbocycles. The number of amides is 2. The van der Waals surface area contributed by atoms with Crippen LogP contribution in [0, 0.1) is 0 Å². The summed E-state index contributed by atoms with van der Waals surface area (Å²) < 4.78 is 5.29. The lowest BCUT2D eigenvalue weighted by atomic mass is 9.98. The maximum atomic E-state index is 12.2. The Morgan fingerprint density at radius 2 is 1.86 bits per heavy atom. The number of anilines is 1. The fraction of sp³-hybridized carbons (Fsp3) is 0.467. The van der Waals surface area contributed by atoms with Crippen molar-refractivity contribution in [2.75, 3.05) is 19.0 Å². The van der Waals surface area contributed by atoms with E-state index in [1.165, 1.54) is 0 Å². The Morgan fingerprint density at radius 3 is 2.43 bits per heavy atom. The predicted molar refractivity (Wildman–Crippen MR) is 80.0 cm³/mol. The van der Waals surface area contributed by atoms with Crippen LogP contribution in [0.4, 0.5) is 5.69 Å². The van der Waals surface area contributed by atoms with Gasteiger partial charge in [0, 0.05) is 12.7 Å². The van der Waals surface area contributed by atoms with Crippen molar-refractivity contribution >= 4 is 17.5 Å². The number of hydrogen-bond acceptors (Lipinski definition) is 4. The number of hydrogen-bond donors (Lipinski definition) is 3. The van der Waals surface area contributed by atoms with Gasteiger partial charge in [0.15, 0.2) is 6.61 Å². The molecule has 0 spiro atoms. The van der Waals surface area contributed by atoms with Crippen LogP contribution in [0.15, 0.2) is 24.3 Å². The van der Waals surface area contributed by atoms with E-state index in [1.807, 2.05) is 0 Å². The maximum Gasteiger partial charge on any atom is 0.257 e. The van der Waals surface area contributed by atoms with Gasteiger partial charge in [-0.15, -0.1) is 0 Å². The summed E-state index contributed by atoms with van der Waals surface area (Å²) >= 11 is 0. The van der Waals surface area contributed by atoms with Gasteiger partial charge in [0.2, 0.25) is 5.91 Å². The van der Waals surface area contributed by atoms with Crippen molar-refractivity contribution in [2.24, 2.45) is 5.73 Å². The van der Waals surface area contributed by atoms with Crippen LogP contribution >= 0.6 is 0 Å². The van der Waals surface area contributed by atoms with Crippen molar-refractivity contribution in [1.82, 2.24) is 5.32 Å². The average molecular weight is 291 g/mol. The predicted octanol–water partition coefficient (Wildman–Crippen LogP) is 1.02. The Balaban J connectivity index is 1.90. The molecule has 0 bridgehead atoms. The molecular weight excluding hydrogens is 270 g/mol. The van der Waals surface area contributed by atoms with E-state index in [1.54, 1.807) is 31.3 Å². The number of benzene rings is 1. The molecule has 0 aromatic heterocycles. The highest BCUT2D eigenvalue weighted by Crippen LogP contribution is 2.28. The van der Waals surface area contributed by atoms with Gasteiger partial charge in [0.1, 0.15) is 5.75 Å². The van der Waals surface area contributed by atoms with Crippen LogP contribution in [-0.4, -0.2) is 31.0 Å². The molecule has 4 N–H and O–H groups in total. The molecule has 2 amide bonds. The van der Waals surface area contributed by atoms with Crippen molar-refractivity contribution < 1.29 is 14.3 Å². The molecule has 21 heavy (non-hydrogen) atoms. The van der Waals surface area contributed by atoms with Crippen LogP contribution in [0.2, 0.25) is 0 Å².